The summed E-state index contributed by atoms with van der Waals surface area (Å²) in [6.45, 7) is 8.65. The van der Waals surface area contributed by atoms with Crippen LogP contribution in [0.2, 0.25) is 0 Å². The maximum absolute atomic E-state index is 13.2. The average molecular weight is 330 g/mol. The lowest BCUT2D eigenvalue weighted by Crippen LogP contribution is -2.25. The lowest BCUT2D eigenvalue weighted by Gasteiger charge is -2.12. The van der Waals surface area contributed by atoms with Crippen molar-refractivity contribution in [3.8, 4) is 11.1 Å². The fraction of sp³-hybridized carbons (Fsp3) is 0.333. The van der Waals surface area contributed by atoms with Gasteiger partial charge in [0.2, 0.25) is 0 Å². The molecule has 0 aliphatic carbocycles. The van der Waals surface area contributed by atoms with Gasteiger partial charge in [-0.25, -0.2) is 9.37 Å². The Morgan fingerprint density at radius 2 is 1.87 bits per heavy atom. The van der Waals surface area contributed by atoms with Crippen LogP contribution in [0.4, 0.5) is 4.39 Å². The molecule has 0 atom stereocenters. The van der Waals surface area contributed by atoms with Crippen molar-refractivity contribution in [3.05, 3.63) is 51.1 Å². The van der Waals surface area contributed by atoms with Gasteiger partial charge in [0.05, 0.1) is 5.39 Å². The highest BCUT2D eigenvalue weighted by atomic mass is 32.1. The molecule has 0 unspecified atom stereocenters. The topological polar surface area (TPSA) is 34.9 Å². The number of halogens is 1. The zero-order valence-electron chi connectivity index (χ0n) is 13.7. The van der Waals surface area contributed by atoms with Gasteiger partial charge < -0.3 is 0 Å². The van der Waals surface area contributed by atoms with Gasteiger partial charge in [-0.2, -0.15) is 0 Å². The molecule has 23 heavy (non-hydrogen) atoms. The van der Waals surface area contributed by atoms with E-state index in [-0.39, 0.29) is 11.4 Å². The van der Waals surface area contributed by atoms with E-state index in [1.807, 2.05) is 13.8 Å². The zero-order chi connectivity index (χ0) is 16.7. The number of fused-ring (bicyclic) bond motifs is 1. The van der Waals surface area contributed by atoms with E-state index < -0.39 is 0 Å². The minimum absolute atomic E-state index is 0.00937. The minimum Gasteiger partial charge on any atom is -0.296 e. The number of aryl methyl sites for hydroxylation is 2. The third-order valence-corrected chi connectivity index (χ3v) is 4.86. The lowest BCUT2D eigenvalue weighted by molar-refractivity contribution is 0.498. The van der Waals surface area contributed by atoms with Gasteiger partial charge in [0.15, 0.2) is 0 Å². The molecule has 3 rings (SSSR count). The predicted octanol–water partition coefficient (Wildman–Crippen LogP) is 4.54. The van der Waals surface area contributed by atoms with Crippen LogP contribution in [0.15, 0.2) is 29.1 Å². The second-order valence-corrected chi connectivity index (χ2v) is 7.39. The van der Waals surface area contributed by atoms with E-state index in [9.17, 15) is 9.18 Å². The molecule has 0 aliphatic heterocycles. The maximum Gasteiger partial charge on any atom is 0.262 e. The molecular formula is C18H19FN2OS. The Balaban J connectivity index is 2.32. The van der Waals surface area contributed by atoms with Crippen LogP contribution in [-0.4, -0.2) is 9.55 Å². The van der Waals surface area contributed by atoms with Gasteiger partial charge in [-0.05, 0) is 37.5 Å². The van der Waals surface area contributed by atoms with E-state index in [1.165, 1.54) is 23.5 Å². The number of rotatable bonds is 3. The van der Waals surface area contributed by atoms with Crippen LogP contribution in [0.1, 0.15) is 24.5 Å². The Bertz CT molecular complexity index is 923. The van der Waals surface area contributed by atoms with E-state index in [4.69, 9.17) is 0 Å². The smallest absolute Gasteiger partial charge is 0.262 e. The second-order valence-electron chi connectivity index (χ2n) is 6.19. The summed E-state index contributed by atoms with van der Waals surface area (Å²) in [5, 5.41) is 0.644. The highest BCUT2D eigenvalue weighted by molar-refractivity contribution is 7.19. The summed E-state index contributed by atoms with van der Waals surface area (Å²) in [5.74, 6) is 0.819. The van der Waals surface area contributed by atoms with Gasteiger partial charge in [-0.3, -0.25) is 9.36 Å². The number of hydrogen-bond acceptors (Lipinski definition) is 3. The molecule has 0 spiro atoms. The predicted molar refractivity (Wildman–Crippen MR) is 93.6 cm³/mol. The summed E-state index contributed by atoms with van der Waals surface area (Å²) in [7, 11) is 0. The van der Waals surface area contributed by atoms with Crippen LogP contribution in [0.3, 0.4) is 0 Å². The van der Waals surface area contributed by atoms with Crippen LogP contribution in [0, 0.1) is 25.6 Å². The van der Waals surface area contributed by atoms with Crippen molar-refractivity contribution in [1.82, 2.24) is 9.55 Å². The molecule has 2 heterocycles. The molecule has 0 aliphatic rings. The first kappa shape index (κ1) is 15.9. The van der Waals surface area contributed by atoms with Crippen LogP contribution in [-0.2, 0) is 6.54 Å². The molecule has 0 saturated heterocycles. The quantitative estimate of drug-likeness (QED) is 0.707. The number of benzene rings is 1. The first-order chi connectivity index (χ1) is 10.9. The van der Waals surface area contributed by atoms with Crippen molar-refractivity contribution >= 4 is 21.6 Å². The summed E-state index contributed by atoms with van der Waals surface area (Å²) in [4.78, 5) is 19.4. The molecule has 0 N–H and O–H groups in total. The summed E-state index contributed by atoms with van der Waals surface area (Å²) in [6.07, 6.45) is 0. The Labute approximate surface area is 138 Å². The molecule has 5 heteroatoms. The molecule has 0 bridgehead atoms. The maximum atomic E-state index is 13.2. The van der Waals surface area contributed by atoms with Crippen molar-refractivity contribution in [3.63, 3.8) is 0 Å². The molecule has 0 radical (unpaired) electrons. The van der Waals surface area contributed by atoms with Crippen LogP contribution in [0.25, 0.3) is 21.3 Å². The SMILES string of the molecule is Cc1sc2nc(C)n(CC(C)C)c(=O)c2c1-c1ccc(F)cc1. The Hall–Kier alpha value is -2.01. The van der Waals surface area contributed by atoms with Gasteiger partial charge in [-0.1, -0.05) is 26.0 Å². The van der Waals surface area contributed by atoms with Gasteiger partial charge in [0.1, 0.15) is 16.5 Å². The molecule has 120 valence electrons. The molecule has 0 fully saturated rings. The largest absolute Gasteiger partial charge is 0.296 e. The highest BCUT2D eigenvalue weighted by Crippen LogP contribution is 2.35. The van der Waals surface area contributed by atoms with Gasteiger partial charge in [0, 0.05) is 17.0 Å². The molecule has 0 amide bonds. The van der Waals surface area contributed by atoms with Gasteiger partial charge in [0.25, 0.3) is 5.56 Å². The third kappa shape index (κ3) is 2.81. The summed E-state index contributed by atoms with van der Waals surface area (Å²) < 4.78 is 14.9. The Morgan fingerprint density at radius 3 is 2.48 bits per heavy atom. The van der Waals surface area contributed by atoms with E-state index in [0.29, 0.717) is 17.8 Å². The fourth-order valence-electron chi connectivity index (χ4n) is 2.84. The second kappa shape index (κ2) is 5.89. The molecular weight excluding hydrogens is 311 g/mol. The molecule has 2 aromatic heterocycles. The third-order valence-electron chi connectivity index (χ3n) is 3.86. The first-order valence-corrected chi connectivity index (χ1v) is 8.46. The van der Waals surface area contributed by atoms with Gasteiger partial charge in [-0.15, -0.1) is 11.3 Å². The Morgan fingerprint density at radius 1 is 1.22 bits per heavy atom. The summed E-state index contributed by atoms with van der Waals surface area (Å²) >= 11 is 1.52. The van der Waals surface area contributed by atoms with Crippen molar-refractivity contribution in [2.24, 2.45) is 5.92 Å². The summed E-state index contributed by atoms with van der Waals surface area (Å²) in [5.41, 5.74) is 1.72. The number of aromatic nitrogens is 2. The van der Waals surface area contributed by atoms with Crippen LogP contribution < -0.4 is 5.56 Å². The van der Waals surface area contributed by atoms with Crippen molar-refractivity contribution in [2.75, 3.05) is 0 Å². The van der Waals surface area contributed by atoms with Crippen molar-refractivity contribution in [1.29, 1.82) is 0 Å². The number of thiophene rings is 1. The van der Waals surface area contributed by atoms with Crippen molar-refractivity contribution < 1.29 is 4.39 Å². The van der Waals surface area contributed by atoms with E-state index in [0.717, 1.165) is 26.7 Å². The van der Waals surface area contributed by atoms with Crippen LogP contribution >= 0.6 is 11.3 Å². The lowest BCUT2D eigenvalue weighted by atomic mass is 10.0. The van der Waals surface area contributed by atoms with E-state index in [2.05, 4.69) is 18.8 Å². The molecule has 3 nitrogen and oxygen atoms in total. The number of hydrogen-bond donors (Lipinski definition) is 0. The van der Waals surface area contributed by atoms with Crippen molar-refractivity contribution in [2.45, 2.75) is 34.2 Å². The average Bonchev–Trinajstić information content (AvgIpc) is 2.80. The fourth-order valence-corrected chi connectivity index (χ4v) is 3.92. The van der Waals surface area contributed by atoms with Crippen LogP contribution in [0.5, 0.6) is 0 Å². The summed E-state index contributed by atoms with van der Waals surface area (Å²) in [6, 6.07) is 6.28. The van der Waals surface area contributed by atoms with Gasteiger partial charge >= 0.3 is 0 Å². The Kier molecular flexibility index (Phi) is 4.06. The van der Waals surface area contributed by atoms with E-state index in [1.54, 1.807) is 16.7 Å². The molecule has 3 aromatic rings. The minimum atomic E-state index is -0.280. The van der Waals surface area contributed by atoms with E-state index >= 15 is 0 Å². The highest BCUT2D eigenvalue weighted by Gasteiger charge is 2.18. The first-order valence-electron chi connectivity index (χ1n) is 7.65. The zero-order valence-corrected chi connectivity index (χ0v) is 14.5. The molecule has 0 saturated carbocycles. The standard InChI is InChI=1S/C18H19FN2OS/c1-10(2)9-21-12(4)20-17-16(18(21)22)15(11(3)23-17)13-5-7-14(19)8-6-13/h5-8,10H,9H2,1-4H3. The monoisotopic (exact) mass is 330 g/mol. The normalized spacial score (nSPS) is 11.6. The molecule has 1 aromatic carbocycles. The number of nitrogens with zero attached hydrogens (tertiary/aromatic N) is 2.